The molecule has 0 radical (unpaired) electrons. The lowest BCUT2D eigenvalue weighted by Gasteiger charge is -2.33. The molecule has 1 aromatic heterocycles. The summed E-state index contributed by atoms with van der Waals surface area (Å²) >= 11 is 0. The highest BCUT2D eigenvalue weighted by atomic mass is 32.2. The van der Waals surface area contributed by atoms with Crippen molar-refractivity contribution in [1.82, 2.24) is 19.0 Å². The van der Waals surface area contributed by atoms with E-state index in [-0.39, 0.29) is 19.0 Å². The van der Waals surface area contributed by atoms with Crippen molar-refractivity contribution in [3.63, 3.8) is 0 Å². The molecule has 1 aliphatic rings. The first-order valence-corrected chi connectivity index (χ1v) is 11.6. The first kappa shape index (κ1) is 21.0. The SMILES string of the molecule is Cc1ccnn1-c1ccc(C(=O)N2CCN(S(=O)(=O)/C=C/c3ccccc3)CC2)cc1. The number of rotatable bonds is 5. The molecule has 1 amide bonds. The minimum absolute atomic E-state index is 0.0967. The number of hydrogen-bond donors (Lipinski definition) is 0. The van der Waals surface area contributed by atoms with E-state index < -0.39 is 10.0 Å². The number of sulfonamides is 1. The van der Waals surface area contributed by atoms with E-state index in [1.807, 2.05) is 55.5 Å². The molecule has 3 aromatic rings. The molecule has 0 saturated carbocycles. The molecule has 1 aliphatic heterocycles. The molecule has 0 N–H and O–H groups in total. The molecule has 4 rings (SSSR count). The van der Waals surface area contributed by atoms with Crippen LogP contribution in [0, 0.1) is 6.92 Å². The van der Waals surface area contributed by atoms with Gasteiger partial charge in [-0.15, -0.1) is 0 Å². The number of piperazine rings is 1. The van der Waals surface area contributed by atoms with Gasteiger partial charge in [-0.3, -0.25) is 4.79 Å². The summed E-state index contributed by atoms with van der Waals surface area (Å²) < 4.78 is 28.4. The van der Waals surface area contributed by atoms with Crippen LogP contribution in [0.2, 0.25) is 0 Å². The number of hydrogen-bond acceptors (Lipinski definition) is 4. The van der Waals surface area contributed by atoms with E-state index in [1.54, 1.807) is 34.0 Å². The van der Waals surface area contributed by atoms with Gasteiger partial charge >= 0.3 is 0 Å². The molecule has 8 heteroatoms. The Balaban J connectivity index is 1.37. The molecule has 0 bridgehead atoms. The van der Waals surface area contributed by atoms with Crippen molar-refractivity contribution in [2.45, 2.75) is 6.92 Å². The zero-order chi connectivity index (χ0) is 21.8. The van der Waals surface area contributed by atoms with Crippen LogP contribution in [0.3, 0.4) is 0 Å². The predicted molar refractivity (Wildman–Crippen MR) is 120 cm³/mol. The lowest BCUT2D eigenvalue weighted by Crippen LogP contribution is -2.50. The molecule has 7 nitrogen and oxygen atoms in total. The van der Waals surface area contributed by atoms with Crippen LogP contribution in [-0.4, -0.2) is 59.5 Å². The fourth-order valence-corrected chi connectivity index (χ4v) is 4.70. The molecule has 2 heterocycles. The third kappa shape index (κ3) is 4.76. The van der Waals surface area contributed by atoms with E-state index in [2.05, 4.69) is 5.10 Å². The maximum atomic E-state index is 12.9. The van der Waals surface area contributed by atoms with Crippen molar-refractivity contribution >= 4 is 22.0 Å². The summed E-state index contributed by atoms with van der Waals surface area (Å²) in [7, 11) is -3.53. The summed E-state index contributed by atoms with van der Waals surface area (Å²) in [6.45, 7) is 3.23. The molecule has 31 heavy (non-hydrogen) atoms. The standard InChI is InChI=1S/C23H24N4O3S/c1-19-11-13-24-27(19)22-9-7-21(8-10-22)23(28)25-14-16-26(17-15-25)31(29,30)18-12-20-5-3-2-4-6-20/h2-13,18H,14-17H2,1H3/b18-12+. The van der Waals surface area contributed by atoms with Crippen molar-refractivity contribution in [3.05, 3.63) is 89.1 Å². The van der Waals surface area contributed by atoms with Crippen molar-refractivity contribution < 1.29 is 13.2 Å². The summed E-state index contributed by atoms with van der Waals surface area (Å²) in [5.41, 5.74) is 3.31. The van der Waals surface area contributed by atoms with Crippen LogP contribution in [0.5, 0.6) is 0 Å². The molecule has 0 atom stereocenters. The summed E-state index contributed by atoms with van der Waals surface area (Å²) in [6.07, 6.45) is 3.33. The van der Waals surface area contributed by atoms with Crippen LogP contribution < -0.4 is 0 Å². The summed E-state index contributed by atoms with van der Waals surface area (Å²) in [6, 6.07) is 18.5. The summed E-state index contributed by atoms with van der Waals surface area (Å²) in [5, 5.41) is 5.50. The average molecular weight is 437 g/mol. The van der Waals surface area contributed by atoms with Gasteiger partial charge in [0.1, 0.15) is 0 Å². The first-order valence-electron chi connectivity index (χ1n) is 10.1. The molecule has 0 spiro atoms. The largest absolute Gasteiger partial charge is 0.336 e. The van der Waals surface area contributed by atoms with Crippen molar-refractivity contribution in [2.24, 2.45) is 0 Å². The zero-order valence-corrected chi connectivity index (χ0v) is 18.1. The van der Waals surface area contributed by atoms with Crippen LogP contribution in [0.25, 0.3) is 11.8 Å². The number of benzene rings is 2. The Labute approximate surface area is 182 Å². The minimum Gasteiger partial charge on any atom is -0.336 e. The second kappa shape index (κ2) is 8.87. The van der Waals surface area contributed by atoms with E-state index in [0.29, 0.717) is 18.7 Å². The fourth-order valence-electron chi connectivity index (χ4n) is 3.53. The quantitative estimate of drug-likeness (QED) is 0.616. The molecule has 1 saturated heterocycles. The van der Waals surface area contributed by atoms with Gasteiger partial charge in [-0.2, -0.15) is 9.40 Å². The lowest BCUT2D eigenvalue weighted by atomic mass is 10.1. The van der Waals surface area contributed by atoms with Gasteiger partial charge in [-0.05, 0) is 48.9 Å². The smallest absolute Gasteiger partial charge is 0.253 e. The zero-order valence-electron chi connectivity index (χ0n) is 17.3. The Hall–Kier alpha value is -3.23. The van der Waals surface area contributed by atoms with Gasteiger partial charge < -0.3 is 4.90 Å². The second-order valence-corrected chi connectivity index (χ2v) is 9.20. The number of amides is 1. The number of aromatic nitrogens is 2. The predicted octanol–water partition coefficient (Wildman–Crippen LogP) is 2.94. The normalized spacial score (nSPS) is 15.5. The van der Waals surface area contributed by atoms with E-state index in [4.69, 9.17) is 0 Å². The summed E-state index contributed by atoms with van der Waals surface area (Å²) in [4.78, 5) is 14.5. The van der Waals surface area contributed by atoms with Crippen LogP contribution in [0.1, 0.15) is 21.6 Å². The number of carbonyl (C=O) groups excluding carboxylic acids is 1. The number of nitrogens with zero attached hydrogens (tertiary/aromatic N) is 4. The molecule has 0 unspecified atom stereocenters. The summed E-state index contributed by atoms with van der Waals surface area (Å²) in [5.74, 6) is -0.0967. The van der Waals surface area contributed by atoms with E-state index >= 15 is 0 Å². The van der Waals surface area contributed by atoms with Gasteiger partial charge in [0.05, 0.1) is 5.69 Å². The van der Waals surface area contributed by atoms with Gasteiger partial charge in [-0.1, -0.05) is 30.3 Å². The van der Waals surface area contributed by atoms with Crippen LogP contribution in [-0.2, 0) is 10.0 Å². The average Bonchev–Trinajstić information content (AvgIpc) is 3.24. The Morgan fingerprint density at radius 2 is 1.61 bits per heavy atom. The second-order valence-electron chi connectivity index (χ2n) is 7.38. The van der Waals surface area contributed by atoms with Crippen LogP contribution in [0.15, 0.2) is 72.3 Å². The first-order chi connectivity index (χ1) is 14.9. The maximum absolute atomic E-state index is 12.9. The Bertz CT molecular complexity index is 1180. The third-order valence-corrected chi connectivity index (χ3v) is 6.87. The fraction of sp³-hybridized carbons (Fsp3) is 0.217. The van der Waals surface area contributed by atoms with E-state index in [1.165, 1.54) is 9.71 Å². The topological polar surface area (TPSA) is 75.5 Å². The molecule has 2 aromatic carbocycles. The monoisotopic (exact) mass is 436 g/mol. The Kier molecular flexibility index (Phi) is 6.01. The van der Waals surface area contributed by atoms with Crippen molar-refractivity contribution in [1.29, 1.82) is 0 Å². The van der Waals surface area contributed by atoms with Gasteiger partial charge in [0.2, 0.25) is 10.0 Å². The maximum Gasteiger partial charge on any atom is 0.253 e. The Morgan fingerprint density at radius 1 is 0.935 bits per heavy atom. The molecular formula is C23H24N4O3S. The molecular weight excluding hydrogens is 412 g/mol. The van der Waals surface area contributed by atoms with Gasteiger partial charge in [0, 0.05) is 49.0 Å². The Morgan fingerprint density at radius 3 is 2.23 bits per heavy atom. The van der Waals surface area contributed by atoms with Gasteiger partial charge in [0.25, 0.3) is 5.91 Å². The van der Waals surface area contributed by atoms with Crippen molar-refractivity contribution in [2.75, 3.05) is 26.2 Å². The van der Waals surface area contributed by atoms with Crippen LogP contribution >= 0.6 is 0 Å². The minimum atomic E-state index is -3.53. The molecule has 1 fully saturated rings. The van der Waals surface area contributed by atoms with Crippen molar-refractivity contribution in [3.8, 4) is 5.69 Å². The van der Waals surface area contributed by atoms with Crippen LogP contribution in [0.4, 0.5) is 0 Å². The third-order valence-electron chi connectivity index (χ3n) is 5.31. The lowest BCUT2D eigenvalue weighted by molar-refractivity contribution is 0.0698. The highest BCUT2D eigenvalue weighted by molar-refractivity contribution is 7.92. The highest BCUT2D eigenvalue weighted by Gasteiger charge is 2.27. The molecule has 160 valence electrons. The molecule has 0 aliphatic carbocycles. The van der Waals surface area contributed by atoms with E-state index in [9.17, 15) is 13.2 Å². The highest BCUT2D eigenvalue weighted by Crippen LogP contribution is 2.16. The van der Waals surface area contributed by atoms with Gasteiger partial charge in [0.15, 0.2) is 0 Å². The number of carbonyl (C=O) groups is 1. The van der Waals surface area contributed by atoms with E-state index in [0.717, 1.165) is 16.9 Å². The van der Waals surface area contributed by atoms with Gasteiger partial charge in [-0.25, -0.2) is 13.1 Å². The number of aryl methyl sites for hydroxylation is 1.